The lowest BCUT2D eigenvalue weighted by Gasteiger charge is -2.14. The molecular formula is C14H14F3NS. The Kier molecular flexibility index (Phi) is 4.14. The molecule has 0 radical (unpaired) electrons. The maximum absolute atomic E-state index is 13.5. The van der Waals surface area contributed by atoms with Gasteiger partial charge in [-0.15, -0.1) is 11.3 Å². The monoisotopic (exact) mass is 285 g/mol. The molecule has 1 heterocycles. The van der Waals surface area contributed by atoms with Crippen molar-refractivity contribution in [3.63, 3.8) is 0 Å². The van der Waals surface area contributed by atoms with Crippen molar-refractivity contribution >= 4 is 17.0 Å². The van der Waals surface area contributed by atoms with Crippen LogP contribution in [0.5, 0.6) is 0 Å². The van der Waals surface area contributed by atoms with E-state index in [-0.39, 0.29) is 11.7 Å². The molecule has 102 valence electrons. The first-order valence-electron chi connectivity index (χ1n) is 6.01. The van der Waals surface area contributed by atoms with Crippen LogP contribution in [0.1, 0.15) is 29.6 Å². The van der Waals surface area contributed by atoms with E-state index in [1.54, 1.807) is 11.3 Å². The summed E-state index contributed by atoms with van der Waals surface area (Å²) >= 11 is 1.62. The smallest absolute Gasteiger partial charge is 0.161 e. The van der Waals surface area contributed by atoms with E-state index >= 15 is 0 Å². The van der Waals surface area contributed by atoms with Crippen LogP contribution in [0.3, 0.4) is 0 Å². The summed E-state index contributed by atoms with van der Waals surface area (Å²) < 4.78 is 39.4. The number of thiophene rings is 1. The first-order valence-corrected chi connectivity index (χ1v) is 6.82. The quantitative estimate of drug-likeness (QED) is 0.788. The van der Waals surface area contributed by atoms with Crippen molar-refractivity contribution in [3.05, 3.63) is 51.5 Å². The largest absolute Gasteiger partial charge is 0.375 e. The van der Waals surface area contributed by atoms with Crippen molar-refractivity contribution in [3.8, 4) is 0 Å². The van der Waals surface area contributed by atoms with Gasteiger partial charge in [0.05, 0.1) is 11.7 Å². The highest BCUT2D eigenvalue weighted by molar-refractivity contribution is 7.12. The summed E-state index contributed by atoms with van der Waals surface area (Å²) in [5, 5.41) is 2.86. The number of hydrogen-bond acceptors (Lipinski definition) is 2. The lowest BCUT2D eigenvalue weighted by Crippen LogP contribution is -2.07. The van der Waals surface area contributed by atoms with Crippen molar-refractivity contribution in [2.45, 2.75) is 26.3 Å². The van der Waals surface area contributed by atoms with Gasteiger partial charge in [-0.1, -0.05) is 6.92 Å². The fourth-order valence-corrected chi connectivity index (χ4v) is 2.71. The molecule has 5 heteroatoms. The third-order valence-electron chi connectivity index (χ3n) is 2.84. The Morgan fingerprint density at radius 3 is 2.42 bits per heavy atom. The molecule has 1 atom stereocenters. The molecule has 0 bridgehead atoms. The number of hydrogen-bond donors (Lipinski definition) is 1. The second-order valence-corrected chi connectivity index (χ2v) is 5.47. The summed E-state index contributed by atoms with van der Waals surface area (Å²) in [6.07, 6.45) is 0.941. The molecule has 2 rings (SSSR count). The van der Waals surface area contributed by atoms with Crippen molar-refractivity contribution in [1.82, 2.24) is 0 Å². The number of aryl methyl sites for hydroxylation is 1. The number of anilines is 1. The molecule has 0 fully saturated rings. The van der Waals surface area contributed by atoms with E-state index in [1.165, 1.54) is 4.88 Å². The maximum Gasteiger partial charge on any atom is 0.161 e. The molecule has 0 aliphatic heterocycles. The number of benzene rings is 1. The van der Waals surface area contributed by atoms with Crippen LogP contribution in [0.25, 0.3) is 0 Å². The van der Waals surface area contributed by atoms with E-state index in [0.29, 0.717) is 6.07 Å². The molecule has 0 saturated heterocycles. The Morgan fingerprint density at radius 1 is 1.11 bits per heavy atom. The van der Waals surface area contributed by atoms with Gasteiger partial charge in [0.15, 0.2) is 11.6 Å². The summed E-state index contributed by atoms with van der Waals surface area (Å²) in [4.78, 5) is 2.26. The third kappa shape index (κ3) is 3.10. The third-order valence-corrected chi connectivity index (χ3v) is 4.25. The van der Waals surface area contributed by atoms with E-state index in [9.17, 15) is 13.2 Å². The lowest BCUT2D eigenvalue weighted by molar-refractivity contribution is 0.495. The predicted octanol–water partition coefficient (Wildman–Crippen LogP) is 4.90. The highest BCUT2D eigenvalue weighted by Crippen LogP contribution is 2.28. The average molecular weight is 285 g/mol. The molecule has 1 nitrogen and oxygen atoms in total. The maximum atomic E-state index is 13.5. The molecule has 1 unspecified atom stereocenters. The molecule has 0 aliphatic carbocycles. The molecule has 0 saturated carbocycles. The Labute approximate surface area is 114 Å². The van der Waals surface area contributed by atoms with E-state index in [4.69, 9.17) is 0 Å². The Balaban J connectivity index is 2.18. The topological polar surface area (TPSA) is 12.0 Å². The van der Waals surface area contributed by atoms with Crippen molar-refractivity contribution in [1.29, 1.82) is 0 Å². The minimum Gasteiger partial charge on any atom is -0.375 e. The van der Waals surface area contributed by atoms with Crippen molar-refractivity contribution in [2.75, 3.05) is 5.32 Å². The van der Waals surface area contributed by atoms with Crippen LogP contribution in [0, 0.1) is 17.5 Å². The zero-order valence-electron chi connectivity index (χ0n) is 10.6. The van der Waals surface area contributed by atoms with Gasteiger partial charge >= 0.3 is 0 Å². The first kappa shape index (κ1) is 13.9. The molecule has 1 N–H and O–H groups in total. The molecule has 1 aromatic carbocycles. The Hall–Kier alpha value is -1.49. The van der Waals surface area contributed by atoms with Crippen LogP contribution in [0.15, 0.2) is 24.3 Å². The van der Waals surface area contributed by atoms with Gasteiger partial charge in [-0.3, -0.25) is 0 Å². The van der Waals surface area contributed by atoms with Gasteiger partial charge < -0.3 is 5.32 Å². The van der Waals surface area contributed by atoms with Gasteiger partial charge in [0.2, 0.25) is 0 Å². The zero-order valence-corrected chi connectivity index (χ0v) is 11.5. The normalized spacial score (nSPS) is 12.5. The van der Waals surface area contributed by atoms with Crippen molar-refractivity contribution < 1.29 is 13.2 Å². The van der Waals surface area contributed by atoms with Gasteiger partial charge in [0.25, 0.3) is 0 Å². The van der Waals surface area contributed by atoms with Crippen LogP contribution < -0.4 is 5.32 Å². The summed E-state index contributed by atoms with van der Waals surface area (Å²) in [5.74, 6) is -3.03. The Morgan fingerprint density at radius 2 is 1.79 bits per heavy atom. The second-order valence-electron chi connectivity index (χ2n) is 4.27. The summed E-state index contributed by atoms with van der Waals surface area (Å²) in [6, 6.07) is 5.20. The Bertz CT molecular complexity index is 580. The highest BCUT2D eigenvalue weighted by Gasteiger charge is 2.14. The van der Waals surface area contributed by atoms with E-state index in [2.05, 4.69) is 12.2 Å². The number of rotatable bonds is 4. The van der Waals surface area contributed by atoms with Crippen LogP contribution >= 0.6 is 11.3 Å². The zero-order chi connectivity index (χ0) is 14.0. The molecule has 0 amide bonds. The summed E-state index contributed by atoms with van der Waals surface area (Å²) in [6.45, 7) is 3.91. The number of halogens is 3. The molecular weight excluding hydrogens is 271 g/mol. The lowest BCUT2D eigenvalue weighted by atomic mass is 10.2. The van der Waals surface area contributed by atoms with Gasteiger partial charge in [-0.2, -0.15) is 0 Å². The fourth-order valence-electron chi connectivity index (χ4n) is 1.75. The SMILES string of the molecule is CCc1ccc(C(C)Nc2cc(F)c(F)cc2F)s1. The summed E-state index contributed by atoms with van der Waals surface area (Å²) in [5.41, 5.74) is -0.0298. The fraction of sp³-hybridized carbons (Fsp3) is 0.286. The molecule has 2 aromatic rings. The standard InChI is InChI=1S/C14H14F3NS/c1-3-9-4-5-14(19-9)8(2)18-13-7-11(16)10(15)6-12(13)17/h4-8,18H,3H2,1-2H3. The summed E-state index contributed by atoms with van der Waals surface area (Å²) in [7, 11) is 0. The van der Waals surface area contributed by atoms with Crippen LogP contribution in [0.4, 0.5) is 18.9 Å². The first-order chi connectivity index (χ1) is 9.01. The van der Waals surface area contributed by atoms with Gasteiger partial charge in [-0.25, -0.2) is 13.2 Å². The second kappa shape index (κ2) is 5.65. The van der Waals surface area contributed by atoms with E-state index in [0.717, 1.165) is 17.4 Å². The van der Waals surface area contributed by atoms with Crippen molar-refractivity contribution in [2.24, 2.45) is 0 Å². The molecule has 0 aliphatic rings. The predicted molar refractivity (Wildman–Crippen MR) is 72.1 cm³/mol. The number of nitrogens with one attached hydrogen (secondary N) is 1. The average Bonchev–Trinajstić information content (AvgIpc) is 2.84. The van der Waals surface area contributed by atoms with Crippen LogP contribution in [0.2, 0.25) is 0 Å². The van der Waals surface area contributed by atoms with E-state index in [1.807, 2.05) is 19.1 Å². The van der Waals surface area contributed by atoms with Crippen LogP contribution in [-0.2, 0) is 6.42 Å². The minimum absolute atomic E-state index is 0.0298. The molecule has 1 aromatic heterocycles. The van der Waals surface area contributed by atoms with Gasteiger partial charge in [0.1, 0.15) is 5.82 Å². The molecule has 19 heavy (non-hydrogen) atoms. The highest BCUT2D eigenvalue weighted by atomic mass is 32.1. The molecule has 0 spiro atoms. The van der Waals surface area contributed by atoms with Gasteiger partial charge in [-0.05, 0) is 25.5 Å². The van der Waals surface area contributed by atoms with Crippen LogP contribution in [-0.4, -0.2) is 0 Å². The minimum atomic E-state index is -1.18. The van der Waals surface area contributed by atoms with E-state index < -0.39 is 17.5 Å². The van der Waals surface area contributed by atoms with Gasteiger partial charge in [0, 0.05) is 21.9 Å².